The van der Waals surface area contributed by atoms with E-state index in [-0.39, 0.29) is 0 Å². The topological polar surface area (TPSA) is 50.0 Å². The van der Waals surface area contributed by atoms with Gasteiger partial charge < -0.3 is 19.4 Å². The largest absolute Gasteiger partial charge is 0.469 e. The van der Waals surface area contributed by atoms with E-state index in [4.69, 9.17) is 14.1 Å². The number of guanidine groups is 1. The van der Waals surface area contributed by atoms with Crippen LogP contribution < -0.4 is 5.32 Å². The van der Waals surface area contributed by atoms with Gasteiger partial charge in [-0.2, -0.15) is 0 Å². The highest BCUT2D eigenvalue weighted by Crippen LogP contribution is 2.38. The molecule has 1 aromatic heterocycles. The third-order valence-corrected chi connectivity index (χ3v) is 6.80. The highest BCUT2D eigenvalue weighted by atomic mass is 16.5. The van der Waals surface area contributed by atoms with E-state index in [1.165, 1.54) is 24.0 Å². The number of aliphatic imine (C=N–C) groups is 1. The molecule has 1 N–H and O–H groups in total. The van der Waals surface area contributed by atoms with Crippen LogP contribution in [0.25, 0.3) is 0 Å². The molecule has 1 aliphatic carbocycles. The molecule has 2 aliphatic heterocycles. The van der Waals surface area contributed by atoms with Crippen molar-refractivity contribution in [2.45, 2.75) is 44.6 Å². The van der Waals surface area contributed by atoms with E-state index >= 15 is 0 Å². The number of furan rings is 1. The zero-order chi connectivity index (χ0) is 19.5. The van der Waals surface area contributed by atoms with Gasteiger partial charge in [0, 0.05) is 44.1 Å². The van der Waals surface area contributed by atoms with Crippen LogP contribution in [0.5, 0.6) is 0 Å². The van der Waals surface area contributed by atoms with Gasteiger partial charge in [-0.05, 0) is 55.4 Å². The molecule has 0 bridgehead atoms. The molecular weight excluding hydrogens is 362 g/mol. The summed E-state index contributed by atoms with van der Waals surface area (Å²) in [5.74, 6) is 2.08. The second-order valence-corrected chi connectivity index (χ2v) is 8.86. The standard InChI is InChI=1S/C24H31N3O2/c1-2-5-20-16-21(8-7-19(20)4-1)26-23(25-12-9-22-6-3-14-29-22)27-13-10-24(17-27)11-15-28-18-24/h1-6,14,21H,7-13,15-18H2,(H,25,26). The lowest BCUT2D eigenvalue weighted by molar-refractivity contribution is 0.156. The lowest BCUT2D eigenvalue weighted by Crippen LogP contribution is -2.48. The lowest BCUT2D eigenvalue weighted by atomic mass is 9.87. The molecule has 5 rings (SSSR count). The Morgan fingerprint density at radius 1 is 1.17 bits per heavy atom. The van der Waals surface area contributed by atoms with Crippen molar-refractivity contribution in [1.82, 2.24) is 10.2 Å². The van der Waals surface area contributed by atoms with E-state index in [0.29, 0.717) is 11.5 Å². The Hall–Kier alpha value is -2.27. The number of hydrogen-bond acceptors (Lipinski definition) is 3. The Kier molecular flexibility index (Phi) is 5.32. The van der Waals surface area contributed by atoms with Crippen LogP contribution in [0.4, 0.5) is 0 Å². The van der Waals surface area contributed by atoms with Crippen LogP contribution in [0.15, 0.2) is 52.1 Å². The molecular formula is C24H31N3O2. The molecule has 1 aromatic carbocycles. The number of ether oxygens (including phenoxy) is 1. The minimum Gasteiger partial charge on any atom is -0.469 e. The zero-order valence-electron chi connectivity index (χ0n) is 17.1. The monoisotopic (exact) mass is 393 g/mol. The number of nitrogens with one attached hydrogen (secondary N) is 1. The van der Waals surface area contributed by atoms with Crippen molar-refractivity contribution in [1.29, 1.82) is 0 Å². The van der Waals surface area contributed by atoms with Gasteiger partial charge >= 0.3 is 0 Å². The highest BCUT2D eigenvalue weighted by molar-refractivity contribution is 5.80. The Balaban J connectivity index is 1.28. The van der Waals surface area contributed by atoms with Gasteiger partial charge in [0.15, 0.2) is 5.96 Å². The quantitative estimate of drug-likeness (QED) is 0.639. The molecule has 3 aliphatic rings. The van der Waals surface area contributed by atoms with E-state index in [2.05, 4.69) is 34.5 Å². The second kappa shape index (κ2) is 8.23. The minimum atomic E-state index is 0.336. The van der Waals surface area contributed by atoms with Gasteiger partial charge in [-0.1, -0.05) is 24.3 Å². The number of aryl methyl sites for hydroxylation is 1. The van der Waals surface area contributed by atoms with E-state index < -0.39 is 0 Å². The fraction of sp³-hybridized carbons (Fsp3) is 0.542. The molecule has 154 valence electrons. The molecule has 2 fully saturated rings. The number of rotatable bonds is 4. The molecule has 2 unspecified atom stereocenters. The van der Waals surface area contributed by atoms with Crippen LogP contribution in [0.2, 0.25) is 0 Å². The number of benzene rings is 1. The third-order valence-electron chi connectivity index (χ3n) is 6.80. The maximum Gasteiger partial charge on any atom is 0.194 e. The SMILES string of the molecule is c1coc(CCN=C(NC2CCc3ccccc3C2)N2CCC3(CCOC3)C2)c1. The average molecular weight is 394 g/mol. The number of fused-ring (bicyclic) bond motifs is 1. The Labute approximate surface area is 173 Å². The van der Waals surface area contributed by atoms with E-state index in [9.17, 15) is 0 Å². The molecule has 0 saturated carbocycles. The zero-order valence-corrected chi connectivity index (χ0v) is 17.1. The fourth-order valence-electron chi connectivity index (χ4n) is 5.05. The molecule has 1 spiro atoms. The summed E-state index contributed by atoms with van der Waals surface area (Å²) in [6.07, 6.45) is 8.35. The minimum absolute atomic E-state index is 0.336. The molecule has 2 aromatic rings. The smallest absolute Gasteiger partial charge is 0.194 e. The van der Waals surface area contributed by atoms with Crippen molar-refractivity contribution in [3.63, 3.8) is 0 Å². The lowest BCUT2D eigenvalue weighted by Gasteiger charge is -2.31. The average Bonchev–Trinajstić information content (AvgIpc) is 3.51. The highest BCUT2D eigenvalue weighted by Gasteiger charge is 2.42. The Bertz CT molecular complexity index is 840. The predicted molar refractivity (Wildman–Crippen MR) is 114 cm³/mol. The summed E-state index contributed by atoms with van der Waals surface area (Å²) < 4.78 is 11.2. The molecule has 0 amide bonds. The van der Waals surface area contributed by atoms with Gasteiger partial charge in [-0.15, -0.1) is 0 Å². The summed E-state index contributed by atoms with van der Waals surface area (Å²) in [4.78, 5) is 7.49. The van der Waals surface area contributed by atoms with Crippen molar-refractivity contribution in [3.8, 4) is 0 Å². The van der Waals surface area contributed by atoms with Gasteiger partial charge in [-0.25, -0.2) is 0 Å². The van der Waals surface area contributed by atoms with Gasteiger partial charge in [0.05, 0.1) is 12.9 Å². The van der Waals surface area contributed by atoms with Crippen LogP contribution in [-0.2, 0) is 24.0 Å². The van der Waals surface area contributed by atoms with Crippen LogP contribution in [0.1, 0.15) is 36.1 Å². The van der Waals surface area contributed by atoms with Gasteiger partial charge in [0.25, 0.3) is 0 Å². The van der Waals surface area contributed by atoms with Crippen molar-refractivity contribution in [2.75, 3.05) is 32.8 Å². The molecule has 5 heteroatoms. The van der Waals surface area contributed by atoms with Crippen LogP contribution in [0, 0.1) is 5.41 Å². The first kappa shape index (κ1) is 18.7. The van der Waals surface area contributed by atoms with Crippen molar-refractivity contribution < 1.29 is 9.15 Å². The molecule has 29 heavy (non-hydrogen) atoms. The molecule has 3 heterocycles. The number of likely N-dealkylation sites (tertiary alicyclic amines) is 1. The number of nitrogens with zero attached hydrogens (tertiary/aromatic N) is 2. The number of hydrogen-bond donors (Lipinski definition) is 1. The summed E-state index contributed by atoms with van der Waals surface area (Å²) in [5.41, 5.74) is 3.32. The summed E-state index contributed by atoms with van der Waals surface area (Å²) in [5, 5.41) is 3.83. The summed E-state index contributed by atoms with van der Waals surface area (Å²) >= 11 is 0. The summed E-state index contributed by atoms with van der Waals surface area (Å²) in [6, 6.07) is 13.3. The molecule has 0 radical (unpaired) electrons. The normalized spacial score (nSPS) is 26.8. The first-order chi connectivity index (χ1) is 14.3. The predicted octanol–water partition coefficient (Wildman–Crippen LogP) is 3.44. The van der Waals surface area contributed by atoms with E-state index in [1.54, 1.807) is 6.26 Å². The molecule has 2 saturated heterocycles. The van der Waals surface area contributed by atoms with Crippen LogP contribution in [-0.4, -0.2) is 49.7 Å². The first-order valence-electron chi connectivity index (χ1n) is 11.0. The van der Waals surface area contributed by atoms with Crippen LogP contribution in [0.3, 0.4) is 0 Å². The first-order valence-corrected chi connectivity index (χ1v) is 11.0. The van der Waals surface area contributed by atoms with Crippen molar-refractivity contribution in [3.05, 3.63) is 59.5 Å². The van der Waals surface area contributed by atoms with Gasteiger partial charge in [0.1, 0.15) is 5.76 Å². The maximum atomic E-state index is 5.73. The van der Waals surface area contributed by atoms with Gasteiger partial charge in [-0.3, -0.25) is 4.99 Å². The Morgan fingerprint density at radius 3 is 2.93 bits per heavy atom. The maximum absolute atomic E-state index is 5.73. The molecule has 2 atom stereocenters. The Morgan fingerprint density at radius 2 is 2.10 bits per heavy atom. The van der Waals surface area contributed by atoms with Gasteiger partial charge in [0.2, 0.25) is 0 Å². The van der Waals surface area contributed by atoms with Crippen molar-refractivity contribution in [2.24, 2.45) is 10.4 Å². The third kappa shape index (κ3) is 4.20. The van der Waals surface area contributed by atoms with E-state index in [0.717, 1.165) is 70.3 Å². The van der Waals surface area contributed by atoms with Crippen LogP contribution >= 0.6 is 0 Å². The second-order valence-electron chi connectivity index (χ2n) is 8.86. The summed E-state index contributed by atoms with van der Waals surface area (Å²) in [6.45, 7) is 4.69. The van der Waals surface area contributed by atoms with Crippen molar-refractivity contribution >= 4 is 5.96 Å². The van der Waals surface area contributed by atoms with E-state index in [1.807, 2.05) is 12.1 Å². The fourth-order valence-corrected chi connectivity index (χ4v) is 5.05. The summed E-state index contributed by atoms with van der Waals surface area (Å²) in [7, 11) is 0. The molecule has 5 nitrogen and oxygen atoms in total.